The van der Waals surface area contributed by atoms with Crippen molar-refractivity contribution in [2.45, 2.75) is 26.2 Å². The van der Waals surface area contributed by atoms with Crippen LogP contribution < -0.4 is 25.9 Å². The van der Waals surface area contributed by atoms with E-state index in [1.807, 2.05) is 54.7 Å². The topological polar surface area (TPSA) is 64.5 Å². The van der Waals surface area contributed by atoms with E-state index in [0.29, 0.717) is 22.4 Å². The van der Waals surface area contributed by atoms with Gasteiger partial charge in [-0.15, -0.1) is 0 Å². The van der Waals surface area contributed by atoms with Crippen LogP contribution in [-0.4, -0.2) is 21.8 Å². The van der Waals surface area contributed by atoms with Crippen LogP contribution >= 0.6 is 0 Å². The third kappa shape index (κ3) is 4.88. The minimum Gasteiger partial charge on any atom is -0.504 e. The number of rotatable bonds is 3. The largest absolute Gasteiger partial charge is 0.504 e. The van der Waals surface area contributed by atoms with Gasteiger partial charge < -0.3 is 14.6 Å². The number of aromatic nitrogens is 2. The predicted octanol–water partition coefficient (Wildman–Crippen LogP) is 10.7. The van der Waals surface area contributed by atoms with Gasteiger partial charge in [-0.2, -0.15) is 0 Å². The number of ether oxygens (including phenoxy) is 2. The molecule has 0 aliphatic carbocycles. The number of fused-ring (bicyclic) bond motifs is 11. The quantitative estimate of drug-likeness (QED) is 0.145. The number of phenols is 1. The molecule has 0 bridgehead atoms. The maximum absolute atomic E-state index is 12.6. The highest BCUT2D eigenvalue weighted by atomic mass is 16.5. The van der Waals surface area contributed by atoms with Crippen LogP contribution in [0, 0.1) is 0 Å². The van der Waals surface area contributed by atoms with Crippen molar-refractivity contribution in [2.24, 2.45) is 0 Å². The lowest BCUT2D eigenvalue weighted by atomic mass is 9.34. The molecular formula is C50H35BN2O3. The first-order valence-electron chi connectivity index (χ1n) is 19.1. The van der Waals surface area contributed by atoms with Gasteiger partial charge in [0.15, 0.2) is 11.5 Å². The molecular weight excluding hydrogens is 687 g/mol. The van der Waals surface area contributed by atoms with Crippen molar-refractivity contribution in [3.8, 4) is 62.4 Å². The standard InChI is InChI=1S/C50H35BN2O3/c1-50(2,3)33-26-31(25-32(27-33)40-28-30(23-24-52-40)29-13-5-4-6-14-29)39-22-21-36-34-15-7-8-16-35(34)43-44(46(36)53-39)47(54)49-45-48(43)55-41-19-11-9-17-37(41)51(45)38-18-10-12-20-42(38)56-49/h4-28,54H,1-3H3. The Hall–Kier alpha value is -6.92. The van der Waals surface area contributed by atoms with Crippen molar-refractivity contribution in [1.82, 2.24) is 9.97 Å². The number of phenolic OH excluding ortho intramolecular Hbond substituents is 1. The molecule has 56 heavy (non-hydrogen) atoms. The van der Waals surface area contributed by atoms with Crippen LogP contribution in [0.2, 0.25) is 0 Å². The normalized spacial score (nSPS) is 12.9. The summed E-state index contributed by atoms with van der Waals surface area (Å²) >= 11 is 0. The molecule has 5 nitrogen and oxygen atoms in total. The van der Waals surface area contributed by atoms with Crippen LogP contribution in [0.4, 0.5) is 0 Å². The van der Waals surface area contributed by atoms with Gasteiger partial charge in [0, 0.05) is 33.6 Å². The third-order valence-electron chi connectivity index (χ3n) is 11.5. The molecule has 2 aliphatic heterocycles. The fourth-order valence-corrected chi connectivity index (χ4v) is 8.71. The summed E-state index contributed by atoms with van der Waals surface area (Å²) < 4.78 is 13.6. The summed E-state index contributed by atoms with van der Waals surface area (Å²) in [5, 5.41) is 17.0. The SMILES string of the molecule is CC(C)(C)c1cc(-c2cc(-c3ccccc3)ccn2)cc(-c2ccc3c4ccccc4c4c5c6c(c(O)c4c3n2)Oc2ccccc2B6c2ccccc2O5)c1. The second kappa shape index (κ2) is 12.0. The molecule has 0 fully saturated rings. The Bertz CT molecular complexity index is 3090. The summed E-state index contributed by atoms with van der Waals surface area (Å²) in [5.74, 6) is 2.68. The zero-order valence-corrected chi connectivity index (χ0v) is 31.2. The highest BCUT2D eigenvalue weighted by Crippen LogP contribution is 2.51. The van der Waals surface area contributed by atoms with Crippen molar-refractivity contribution < 1.29 is 14.6 Å². The number of nitrogens with zero attached hydrogens (tertiary/aromatic N) is 2. The van der Waals surface area contributed by atoms with Crippen LogP contribution in [-0.2, 0) is 5.41 Å². The minimum absolute atomic E-state index is 0.0627. The molecule has 0 unspecified atom stereocenters. The summed E-state index contributed by atoms with van der Waals surface area (Å²) in [6.45, 7) is 6.51. The van der Waals surface area contributed by atoms with Gasteiger partial charge in [-0.1, -0.05) is 112 Å². The van der Waals surface area contributed by atoms with Gasteiger partial charge in [-0.3, -0.25) is 4.98 Å². The van der Waals surface area contributed by atoms with Crippen LogP contribution in [0.25, 0.3) is 66.1 Å². The zero-order chi connectivity index (χ0) is 37.7. The Morgan fingerprint density at radius 3 is 1.91 bits per heavy atom. The lowest BCUT2D eigenvalue weighted by Gasteiger charge is -2.34. The molecule has 7 aromatic carbocycles. The Kier molecular flexibility index (Phi) is 6.99. The number of para-hydroxylation sites is 2. The van der Waals surface area contributed by atoms with Crippen LogP contribution in [0.15, 0.2) is 152 Å². The molecule has 2 aliphatic rings. The molecule has 1 N–H and O–H groups in total. The van der Waals surface area contributed by atoms with Crippen LogP contribution in [0.5, 0.6) is 28.7 Å². The highest BCUT2D eigenvalue weighted by Gasteiger charge is 2.43. The lowest BCUT2D eigenvalue weighted by molar-refractivity contribution is 0.414. The molecule has 11 rings (SSSR count). The van der Waals surface area contributed by atoms with Crippen molar-refractivity contribution in [3.05, 3.63) is 157 Å². The van der Waals surface area contributed by atoms with Crippen LogP contribution in [0.1, 0.15) is 26.3 Å². The van der Waals surface area contributed by atoms with Gasteiger partial charge in [0.25, 0.3) is 6.71 Å². The maximum atomic E-state index is 12.6. The Balaban J connectivity index is 1.19. The Labute approximate surface area is 324 Å². The van der Waals surface area contributed by atoms with E-state index >= 15 is 0 Å². The average Bonchev–Trinajstić information content (AvgIpc) is 3.24. The first-order valence-corrected chi connectivity index (χ1v) is 19.1. The van der Waals surface area contributed by atoms with Gasteiger partial charge in [-0.25, -0.2) is 4.98 Å². The number of hydrogen-bond donors (Lipinski definition) is 1. The monoisotopic (exact) mass is 722 g/mol. The van der Waals surface area contributed by atoms with E-state index in [1.54, 1.807) is 0 Å². The van der Waals surface area contributed by atoms with E-state index in [4.69, 9.17) is 19.4 Å². The summed E-state index contributed by atoms with van der Waals surface area (Å²) in [5.41, 5.74) is 10.6. The molecule has 6 heteroatoms. The second-order valence-electron chi connectivity index (χ2n) is 15.9. The maximum Gasteiger partial charge on any atom is 0.260 e. The minimum atomic E-state index is -0.175. The van der Waals surface area contributed by atoms with Gasteiger partial charge in [0.1, 0.15) is 17.2 Å². The molecule has 0 saturated carbocycles. The van der Waals surface area contributed by atoms with Crippen molar-refractivity contribution in [1.29, 1.82) is 0 Å². The summed E-state index contributed by atoms with van der Waals surface area (Å²) in [6.07, 6.45) is 1.88. The predicted molar refractivity (Wildman–Crippen MR) is 229 cm³/mol. The molecule has 0 spiro atoms. The lowest BCUT2D eigenvalue weighted by Crippen LogP contribution is -2.57. The van der Waals surface area contributed by atoms with Gasteiger partial charge in [0.2, 0.25) is 0 Å². The number of benzene rings is 7. The molecule has 2 aromatic heterocycles. The van der Waals surface area contributed by atoms with Crippen molar-refractivity contribution in [3.63, 3.8) is 0 Å². The average molecular weight is 723 g/mol. The van der Waals surface area contributed by atoms with E-state index in [-0.39, 0.29) is 17.9 Å². The second-order valence-corrected chi connectivity index (χ2v) is 15.9. The molecule has 0 saturated heterocycles. The number of hydrogen-bond acceptors (Lipinski definition) is 5. The Morgan fingerprint density at radius 2 is 1.18 bits per heavy atom. The smallest absolute Gasteiger partial charge is 0.260 e. The summed E-state index contributed by atoms with van der Waals surface area (Å²) in [4.78, 5) is 10.3. The highest BCUT2D eigenvalue weighted by molar-refractivity contribution is 6.98. The van der Waals surface area contributed by atoms with Crippen LogP contribution in [0.3, 0.4) is 0 Å². The fourth-order valence-electron chi connectivity index (χ4n) is 8.71. The number of aromatic hydroxyl groups is 1. The van der Waals surface area contributed by atoms with E-state index in [9.17, 15) is 5.11 Å². The molecule has 4 heterocycles. The summed E-state index contributed by atoms with van der Waals surface area (Å²) in [6, 6.07) is 50.1. The molecule has 0 amide bonds. The van der Waals surface area contributed by atoms with E-state index in [0.717, 1.165) is 83.1 Å². The zero-order valence-electron chi connectivity index (χ0n) is 31.2. The molecule has 0 atom stereocenters. The van der Waals surface area contributed by atoms with Crippen molar-refractivity contribution >= 4 is 55.5 Å². The van der Waals surface area contributed by atoms with Gasteiger partial charge in [0.05, 0.1) is 22.3 Å². The van der Waals surface area contributed by atoms with Gasteiger partial charge in [-0.05, 0) is 98.4 Å². The Morgan fingerprint density at radius 1 is 0.536 bits per heavy atom. The van der Waals surface area contributed by atoms with E-state index < -0.39 is 0 Å². The third-order valence-corrected chi connectivity index (χ3v) is 11.5. The molecule has 0 radical (unpaired) electrons. The van der Waals surface area contributed by atoms with Gasteiger partial charge >= 0.3 is 0 Å². The summed E-state index contributed by atoms with van der Waals surface area (Å²) in [7, 11) is 0. The first kappa shape index (κ1) is 32.5. The molecule has 266 valence electrons. The van der Waals surface area contributed by atoms with Crippen molar-refractivity contribution in [2.75, 3.05) is 0 Å². The first-order chi connectivity index (χ1) is 27.3. The fraction of sp³-hybridized carbons (Fsp3) is 0.0800. The number of pyridine rings is 2. The van der Waals surface area contributed by atoms with E-state index in [2.05, 4.69) is 118 Å². The van der Waals surface area contributed by atoms with E-state index in [1.165, 1.54) is 5.56 Å². The molecule has 9 aromatic rings.